The van der Waals surface area contributed by atoms with Gasteiger partial charge in [-0.1, -0.05) is 29.8 Å². The van der Waals surface area contributed by atoms with Gasteiger partial charge in [0.15, 0.2) is 5.69 Å². The number of carbonyl (C=O) groups excluding carboxylic acids is 1. The smallest absolute Gasteiger partial charge is 0.434 e. The van der Waals surface area contributed by atoms with Crippen molar-refractivity contribution >= 4 is 5.91 Å². The summed E-state index contributed by atoms with van der Waals surface area (Å²) >= 11 is 0. The van der Waals surface area contributed by atoms with Gasteiger partial charge in [0.2, 0.25) is 0 Å². The highest BCUT2D eigenvalue weighted by molar-refractivity contribution is 5.95. The lowest BCUT2D eigenvalue weighted by atomic mass is 10.2. The average Bonchev–Trinajstić information content (AvgIpc) is 3.12. The van der Waals surface area contributed by atoms with Gasteiger partial charge in [0.25, 0.3) is 5.91 Å². The highest BCUT2D eigenvalue weighted by atomic mass is 19.4. The molecule has 1 heterocycles. The van der Waals surface area contributed by atoms with Gasteiger partial charge in [-0.15, -0.1) is 0 Å². The summed E-state index contributed by atoms with van der Waals surface area (Å²) < 4.78 is 46.8. The normalized spacial score (nSPS) is 11.3. The van der Waals surface area contributed by atoms with E-state index in [1.807, 2.05) is 6.92 Å². The maximum Gasteiger partial charge on any atom is 0.434 e. The number of nitrogens with one attached hydrogen (secondary N) is 1. The van der Waals surface area contributed by atoms with Crippen molar-refractivity contribution in [1.29, 1.82) is 0 Å². The van der Waals surface area contributed by atoms with E-state index in [4.69, 9.17) is 4.74 Å². The van der Waals surface area contributed by atoms with E-state index in [-0.39, 0.29) is 12.2 Å². The molecule has 3 aromatic rings. The minimum Gasteiger partial charge on any atom is -0.497 e. The monoisotopic (exact) mass is 389 g/mol. The zero-order valence-electron chi connectivity index (χ0n) is 15.2. The van der Waals surface area contributed by atoms with Crippen LogP contribution in [0.3, 0.4) is 0 Å². The van der Waals surface area contributed by atoms with Crippen molar-refractivity contribution in [3.05, 3.63) is 77.1 Å². The van der Waals surface area contributed by atoms with Gasteiger partial charge in [0, 0.05) is 6.54 Å². The molecule has 0 atom stereocenters. The second-order valence-corrected chi connectivity index (χ2v) is 6.19. The van der Waals surface area contributed by atoms with E-state index >= 15 is 0 Å². The lowest BCUT2D eigenvalue weighted by molar-refractivity contribution is -0.143. The molecule has 0 fully saturated rings. The van der Waals surface area contributed by atoms with Gasteiger partial charge in [-0.2, -0.15) is 18.3 Å². The van der Waals surface area contributed by atoms with Crippen LogP contribution in [0.2, 0.25) is 0 Å². The number of hydrogen-bond donors (Lipinski definition) is 1. The Morgan fingerprint density at radius 3 is 2.54 bits per heavy atom. The third-order valence-corrected chi connectivity index (χ3v) is 4.15. The predicted octanol–water partition coefficient (Wildman–Crippen LogP) is 4.14. The number of carbonyl (C=O) groups is 1. The third kappa shape index (κ3) is 4.16. The first-order valence-electron chi connectivity index (χ1n) is 8.43. The molecule has 8 heteroatoms. The minimum atomic E-state index is -4.75. The number of amides is 1. The zero-order chi connectivity index (χ0) is 20.3. The third-order valence-electron chi connectivity index (χ3n) is 4.15. The summed E-state index contributed by atoms with van der Waals surface area (Å²) in [5.74, 6) is -0.261. The molecule has 28 heavy (non-hydrogen) atoms. The number of halogens is 3. The molecular weight excluding hydrogens is 371 g/mol. The SMILES string of the molecule is COc1cccc(CNC(=O)c2cnn(-c3ccc(C)cc3)c2C(F)(F)F)c1. The minimum absolute atomic E-state index is 0.0586. The van der Waals surface area contributed by atoms with E-state index in [9.17, 15) is 18.0 Å². The van der Waals surface area contributed by atoms with E-state index in [0.717, 1.165) is 16.4 Å². The van der Waals surface area contributed by atoms with Crippen molar-refractivity contribution in [1.82, 2.24) is 15.1 Å². The van der Waals surface area contributed by atoms with Crippen molar-refractivity contribution in [2.75, 3.05) is 7.11 Å². The molecule has 0 saturated heterocycles. The number of rotatable bonds is 5. The summed E-state index contributed by atoms with van der Waals surface area (Å²) in [5, 5.41) is 6.31. The Hall–Kier alpha value is -3.29. The maximum absolute atomic E-state index is 13.7. The molecule has 0 aliphatic carbocycles. The Morgan fingerprint density at radius 1 is 1.18 bits per heavy atom. The van der Waals surface area contributed by atoms with E-state index in [2.05, 4.69) is 10.4 Å². The first kappa shape index (κ1) is 19.5. The fourth-order valence-electron chi connectivity index (χ4n) is 2.73. The van der Waals surface area contributed by atoms with Crippen LogP contribution < -0.4 is 10.1 Å². The molecule has 3 rings (SSSR count). The van der Waals surface area contributed by atoms with Crippen molar-refractivity contribution in [3.63, 3.8) is 0 Å². The largest absolute Gasteiger partial charge is 0.497 e. The van der Waals surface area contributed by atoms with Gasteiger partial charge in [0.1, 0.15) is 5.75 Å². The van der Waals surface area contributed by atoms with Crippen LogP contribution in [0.5, 0.6) is 5.75 Å². The maximum atomic E-state index is 13.7. The Morgan fingerprint density at radius 2 is 1.89 bits per heavy atom. The summed E-state index contributed by atoms with van der Waals surface area (Å²) in [7, 11) is 1.51. The van der Waals surface area contributed by atoms with Gasteiger partial charge in [-0.3, -0.25) is 4.79 Å². The Kier molecular flexibility index (Phi) is 5.39. The standard InChI is InChI=1S/C20H18F3N3O2/c1-13-6-8-15(9-7-13)26-18(20(21,22)23)17(12-25-26)19(27)24-11-14-4-3-5-16(10-14)28-2/h3-10,12H,11H2,1-2H3,(H,24,27). The molecule has 1 aromatic heterocycles. The summed E-state index contributed by atoms with van der Waals surface area (Å²) in [6.07, 6.45) is -3.81. The summed E-state index contributed by atoms with van der Waals surface area (Å²) in [6, 6.07) is 13.3. The number of methoxy groups -OCH3 is 1. The van der Waals surface area contributed by atoms with Gasteiger partial charge >= 0.3 is 6.18 Å². The molecule has 0 aliphatic heterocycles. The number of ether oxygens (including phenoxy) is 1. The van der Waals surface area contributed by atoms with E-state index in [1.165, 1.54) is 19.2 Å². The van der Waals surface area contributed by atoms with Gasteiger partial charge < -0.3 is 10.1 Å². The first-order valence-corrected chi connectivity index (χ1v) is 8.43. The fourth-order valence-corrected chi connectivity index (χ4v) is 2.73. The zero-order valence-corrected chi connectivity index (χ0v) is 15.2. The molecule has 0 radical (unpaired) electrons. The highest BCUT2D eigenvalue weighted by Gasteiger charge is 2.40. The molecule has 1 N–H and O–H groups in total. The molecule has 1 amide bonds. The highest BCUT2D eigenvalue weighted by Crippen LogP contribution is 2.33. The number of benzene rings is 2. The molecule has 146 valence electrons. The average molecular weight is 389 g/mol. The van der Waals surface area contributed by atoms with Crippen molar-refractivity contribution in [2.24, 2.45) is 0 Å². The van der Waals surface area contributed by atoms with Crippen LogP contribution in [0.1, 0.15) is 27.2 Å². The van der Waals surface area contributed by atoms with Crippen LogP contribution in [-0.2, 0) is 12.7 Å². The second kappa shape index (κ2) is 7.75. The predicted molar refractivity (Wildman–Crippen MR) is 97.5 cm³/mol. The topological polar surface area (TPSA) is 56.1 Å². The molecule has 2 aromatic carbocycles. The quantitative estimate of drug-likeness (QED) is 0.714. The van der Waals surface area contributed by atoms with Gasteiger partial charge in [-0.25, -0.2) is 4.68 Å². The van der Waals surface area contributed by atoms with Crippen LogP contribution in [-0.4, -0.2) is 22.8 Å². The Balaban J connectivity index is 1.88. The van der Waals surface area contributed by atoms with E-state index in [0.29, 0.717) is 11.3 Å². The number of aryl methyl sites for hydroxylation is 1. The molecule has 0 spiro atoms. The molecular formula is C20H18F3N3O2. The number of nitrogens with zero attached hydrogens (tertiary/aromatic N) is 2. The van der Waals surface area contributed by atoms with Crippen LogP contribution in [0, 0.1) is 6.92 Å². The first-order chi connectivity index (χ1) is 13.3. The van der Waals surface area contributed by atoms with Crippen LogP contribution in [0.15, 0.2) is 54.7 Å². The summed E-state index contributed by atoms with van der Waals surface area (Å²) in [6.45, 7) is 1.89. The summed E-state index contributed by atoms with van der Waals surface area (Å²) in [4.78, 5) is 12.4. The number of aromatic nitrogens is 2. The molecule has 0 bridgehead atoms. The molecule has 5 nitrogen and oxygen atoms in total. The summed E-state index contributed by atoms with van der Waals surface area (Å²) in [5.41, 5.74) is 0.188. The lowest BCUT2D eigenvalue weighted by Crippen LogP contribution is -2.26. The Bertz CT molecular complexity index is 979. The Labute approximate surface area is 159 Å². The second-order valence-electron chi connectivity index (χ2n) is 6.19. The fraction of sp³-hybridized carbons (Fsp3) is 0.200. The lowest BCUT2D eigenvalue weighted by Gasteiger charge is -2.13. The van der Waals surface area contributed by atoms with E-state index in [1.54, 1.807) is 36.4 Å². The number of hydrogen-bond acceptors (Lipinski definition) is 3. The van der Waals surface area contributed by atoms with Crippen molar-refractivity contribution in [3.8, 4) is 11.4 Å². The van der Waals surface area contributed by atoms with Gasteiger partial charge in [-0.05, 0) is 36.8 Å². The van der Waals surface area contributed by atoms with Crippen LogP contribution in [0.25, 0.3) is 5.69 Å². The van der Waals surface area contributed by atoms with Crippen LogP contribution in [0.4, 0.5) is 13.2 Å². The van der Waals surface area contributed by atoms with Crippen LogP contribution >= 0.6 is 0 Å². The molecule has 0 unspecified atom stereocenters. The molecule has 0 saturated carbocycles. The van der Waals surface area contributed by atoms with Crippen molar-refractivity contribution < 1.29 is 22.7 Å². The van der Waals surface area contributed by atoms with E-state index < -0.39 is 23.3 Å². The number of alkyl halides is 3. The van der Waals surface area contributed by atoms with Gasteiger partial charge in [0.05, 0.1) is 24.6 Å². The molecule has 0 aliphatic rings. The van der Waals surface area contributed by atoms with Crippen molar-refractivity contribution in [2.45, 2.75) is 19.6 Å².